The second kappa shape index (κ2) is 11.3. The lowest BCUT2D eigenvalue weighted by Crippen LogP contribution is -2.24. The van der Waals surface area contributed by atoms with E-state index in [-0.39, 0.29) is 0 Å². The molecule has 0 saturated carbocycles. The lowest BCUT2D eigenvalue weighted by atomic mass is 10.0. The Morgan fingerprint density at radius 1 is 0.697 bits per heavy atom. The van der Waals surface area contributed by atoms with Crippen molar-refractivity contribution in [3.8, 4) is 5.75 Å². The van der Waals surface area contributed by atoms with E-state index in [0.717, 1.165) is 33.8 Å². The molecule has 4 rings (SSSR count). The maximum atomic E-state index is 11.1. The van der Waals surface area contributed by atoms with Crippen LogP contribution < -0.4 is 5.32 Å². The van der Waals surface area contributed by atoms with Gasteiger partial charge in [-0.15, -0.1) is 0 Å². The van der Waals surface area contributed by atoms with Crippen molar-refractivity contribution in [2.24, 2.45) is 0 Å². The summed E-state index contributed by atoms with van der Waals surface area (Å²) in [6, 6.07) is 21.8. The van der Waals surface area contributed by atoms with Gasteiger partial charge in [0.15, 0.2) is 0 Å². The number of nitrogens with one attached hydrogen (secondary N) is 1. The Morgan fingerprint density at radius 2 is 1.24 bits per heavy atom. The molecule has 6 heteroatoms. The molecule has 0 saturated heterocycles. The van der Waals surface area contributed by atoms with Crippen molar-refractivity contribution in [1.82, 2.24) is 25.2 Å². The van der Waals surface area contributed by atoms with Gasteiger partial charge in [-0.3, -0.25) is 19.9 Å². The summed E-state index contributed by atoms with van der Waals surface area (Å²) in [6.45, 7) is 5.20. The first-order chi connectivity index (χ1) is 16.2. The van der Waals surface area contributed by atoms with E-state index in [1.807, 2.05) is 73.1 Å². The predicted octanol–water partition coefficient (Wildman–Crippen LogP) is 4.38. The molecule has 0 atom stereocenters. The van der Waals surface area contributed by atoms with E-state index in [1.54, 1.807) is 6.20 Å². The molecule has 6 nitrogen and oxygen atoms in total. The number of aryl methyl sites for hydroxylation is 1. The zero-order valence-electron chi connectivity index (χ0n) is 18.9. The van der Waals surface area contributed by atoms with Gasteiger partial charge in [0, 0.05) is 62.4 Å². The number of benzene rings is 1. The molecule has 0 fully saturated rings. The first kappa shape index (κ1) is 22.6. The molecule has 0 bridgehead atoms. The minimum Gasteiger partial charge on any atom is -0.507 e. The van der Waals surface area contributed by atoms with E-state index in [9.17, 15) is 5.11 Å². The fraction of sp³-hybridized carbons (Fsp3) is 0.222. The van der Waals surface area contributed by atoms with E-state index in [4.69, 9.17) is 0 Å². The molecular formula is C27H29N5O. The van der Waals surface area contributed by atoms with Crippen molar-refractivity contribution < 1.29 is 5.11 Å². The van der Waals surface area contributed by atoms with Crippen molar-refractivity contribution in [3.63, 3.8) is 0 Å². The molecule has 0 aliphatic heterocycles. The van der Waals surface area contributed by atoms with Gasteiger partial charge in [0.05, 0.1) is 17.1 Å². The highest BCUT2D eigenvalue weighted by Gasteiger charge is 2.15. The maximum absolute atomic E-state index is 11.1. The normalized spacial score (nSPS) is 11.1. The van der Waals surface area contributed by atoms with Crippen LogP contribution in [0.1, 0.15) is 33.8 Å². The minimum absolute atomic E-state index is 0.334. The van der Waals surface area contributed by atoms with Crippen molar-refractivity contribution >= 4 is 0 Å². The SMILES string of the molecule is Cc1cc(CNCc2ccccn2)c(O)c(CN(Cc2ccccn2)Cc2ccccn2)c1. The summed E-state index contributed by atoms with van der Waals surface area (Å²) in [5, 5.41) is 14.5. The van der Waals surface area contributed by atoms with E-state index >= 15 is 0 Å². The van der Waals surface area contributed by atoms with Gasteiger partial charge in [-0.2, -0.15) is 0 Å². The third-order valence-corrected chi connectivity index (χ3v) is 5.38. The molecule has 0 spiro atoms. The van der Waals surface area contributed by atoms with Gasteiger partial charge < -0.3 is 10.4 Å². The number of aromatic nitrogens is 3. The highest BCUT2D eigenvalue weighted by atomic mass is 16.3. The molecule has 168 valence electrons. The van der Waals surface area contributed by atoms with Gasteiger partial charge in [-0.25, -0.2) is 0 Å². The molecule has 3 heterocycles. The molecule has 0 unspecified atom stereocenters. The summed E-state index contributed by atoms with van der Waals surface area (Å²) in [5.41, 5.74) is 5.85. The summed E-state index contributed by atoms with van der Waals surface area (Å²) in [5.74, 6) is 0.334. The van der Waals surface area contributed by atoms with Crippen LogP contribution in [0.2, 0.25) is 0 Å². The fourth-order valence-corrected chi connectivity index (χ4v) is 3.87. The average Bonchev–Trinajstić information content (AvgIpc) is 2.84. The third-order valence-electron chi connectivity index (χ3n) is 5.38. The molecule has 0 amide bonds. The molecular weight excluding hydrogens is 410 g/mol. The van der Waals surface area contributed by atoms with Crippen LogP contribution in [0, 0.1) is 6.92 Å². The zero-order valence-corrected chi connectivity index (χ0v) is 18.9. The number of phenols is 1. The van der Waals surface area contributed by atoms with Crippen LogP contribution in [0.25, 0.3) is 0 Å². The van der Waals surface area contributed by atoms with Crippen LogP contribution in [0.15, 0.2) is 85.3 Å². The number of hydrogen-bond acceptors (Lipinski definition) is 6. The molecule has 0 radical (unpaired) electrons. The van der Waals surface area contributed by atoms with Crippen molar-refractivity contribution in [1.29, 1.82) is 0 Å². The van der Waals surface area contributed by atoms with Crippen molar-refractivity contribution in [2.75, 3.05) is 0 Å². The predicted molar refractivity (Wildman–Crippen MR) is 129 cm³/mol. The Morgan fingerprint density at radius 3 is 1.79 bits per heavy atom. The fourth-order valence-electron chi connectivity index (χ4n) is 3.87. The Balaban J connectivity index is 1.50. The second-order valence-corrected chi connectivity index (χ2v) is 8.14. The topological polar surface area (TPSA) is 74.2 Å². The van der Waals surface area contributed by atoms with E-state index in [1.165, 1.54) is 0 Å². The van der Waals surface area contributed by atoms with Gasteiger partial charge in [0.25, 0.3) is 0 Å². The van der Waals surface area contributed by atoms with E-state index in [0.29, 0.717) is 38.5 Å². The van der Waals surface area contributed by atoms with Gasteiger partial charge >= 0.3 is 0 Å². The number of nitrogens with zero attached hydrogens (tertiary/aromatic N) is 4. The summed E-state index contributed by atoms with van der Waals surface area (Å²) in [6.07, 6.45) is 5.41. The van der Waals surface area contributed by atoms with Crippen LogP contribution >= 0.6 is 0 Å². The van der Waals surface area contributed by atoms with Crippen LogP contribution in [-0.4, -0.2) is 25.0 Å². The summed E-state index contributed by atoms with van der Waals surface area (Å²) < 4.78 is 0. The van der Waals surface area contributed by atoms with Gasteiger partial charge in [0.1, 0.15) is 5.75 Å². The van der Waals surface area contributed by atoms with Crippen LogP contribution in [0.5, 0.6) is 5.75 Å². The first-order valence-electron chi connectivity index (χ1n) is 11.1. The number of rotatable bonds is 10. The molecule has 4 aromatic rings. The van der Waals surface area contributed by atoms with Gasteiger partial charge in [-0.05, 0) is 43.3 Å². The highest BCUT2D eigenvalue weighted by molar-refractivity contribution is 5.43. The summed E-state index contributed by atoms with van der Waals surface area (Å²) >= 11 is 0. The first-order valence-corrected chi connectivity index (χ1v) is 11.1. The molecule has 2 N–H and O–H groups in total. The minimum atomic E-state index is 0.334. The Bertz CT molecular complexity index is 1100. The second-order valence-electron chi connectivity index (χ2n) is 8.14. The van der Waals surface area contributed by atoms with E-state index < -0.39 is 0 Å². The van der Waals surface area contributed by atoms with E-state index in [2.05, 4.69) is 38.2 Å². The summed E-state index contributed by atoms with van der Waals surface area (Å²) in [4.78, 5) is 15.6. The van der Waals surface area contributed by atoms with Crippen molar-refractivity contribution in [2.45, 2.75) is 39.6 Å². The smallest absolute Gasteiger partial charge is 0.124 e. The Hall–Kier alpha value is -3.61. The summed E-state index contributed by atoms with van der Waals surface area (Å²) in [7, 11) is 0. The molecule has 33 heavy (non-hydrogen) atoms. The standard InChI is InChI=1S/C27H29N5O/c1-21-14-22(16-28-17-24-8-2-5-11-29-24)27(33)23(15-21)18-32(19-25-9-3-6-12-30-25)20-26-10-4-7-13-31-26/h2-15,28,33H,16-20H2,1H3. The molecule has 1 aromatic carbocycles. The Labute approximate surface area is 195 Å². The molecule has 0 aliphatic rings. The zero-order chi connectivity index (χ0) is 22.9. The molecule has 3 aromatic heterocycles. The lowest BCUT2D eigenvalue weighted by molar-refractivity contribution is 0.238. The van der Waals surface area contributed by atoms with Crippen molar-refractivity contribution in [3.05, 3.63) is 119 Å². The Kier molecular flexibility index (Phi) is 7.74. The average molecular weight is 440 g/mol. The number of aromatic hydroxyl groups is 1. The van der Waals surface area contributed by atoms with Gasteiger partial charge in [-0.1, -0.05) is 35.9 Å². The third kappa shape index (κ3) is 6.68. The maximum Gasteiger partial charge on any atom is 0.124 e. The lowest BCUT2D eigenvalue weighted by Gasteiger charge is -2.23. The van der Waals surface area contributed by atoms with Gasteiger partial charge in [0.2, 0.25) is 0 Å². The van der Waals surface area contributed by atoms with Crippen LogP contribution in [0.4, 0.5) is 0 Å². The molecule has 0 aliphatic carbocycles. The monoisotopic (exact) mass is 439 g/mol. The largest absolute Gasteiger partial charge is 0.507 e. The highest BCUT2D eigenvalue weighted by Crippen LogP contribution is 2.27. The number of hydrogen-bond donors (Lipinski definition) is 2. The number of phenolic OH excluding ortho intramolecular Hbond substituents is 1. The van der Waals surface area contributed by atoms with Crippen LogP contribution in [0.3, 0.4) is 0 Å². The van der Waals surface area contributed by atoms with Crippen LogP contribution in [-0.2, 0) is 32.7 Å². The quantitative estimate of drug-likeness (QED) is 0.382. The number of pyridine rings is 3.